The molecule has 0 aromatic heterocycles. The normalized spacial score (nSPS) is 10.5. The van der Waals surface area contributed by atoms with Crippen molar-refractivity contribution in [2.24, 2.45) is 0 Å². The van der Waals surface area contributed by atoms with Gasteiger partial charge in [-0.1, -0.05) is 12.1 Å². The summed E-state index contributed by atoms with van der Waals surface area (Å²) in [6.07, 6.45) is 0. The van der Waals surface area contributed by atoms with Gasteiger partial charge in [0.05, 0.1) is 11.4 Å². The number of benzene rings is 3. The maximum absolute atomic E-state index is 13.9. The zero-order valence-electron chi connectivity index (χ0n) is 13.5. The van der Waals surface area contributed by atoms with E-state index in [1.807, 2.05) is 50.2 Å². The van der Waals surface area contributed by atoms with E-state index in [2.05, 4.69) is 10.6 Å². The second kappa shape index (κ2) is 6.71. The molecule has 24 heavy (non-hydrogen) atoms. The zero-order chi connectivity index (χ0) is 17.1. The van der Waals surface area contributed by atoms with Crippen molar-refractivity contribution in [3.8, 4) is 0 Å². The molecule has 4 heteroatoms. The van der Waals surface area contributed by atoms with Crippen molar-refractivity contribution in [3.05, 3.63) is 83.4 Å². The quantitative estimate of drug-likeness (QED) is 0.608. The van der Waals surface area contributed by atoms with Crippen LogP contribution in [-0.4, -0.2) is 0 Å². The van der Waals surface area contributed by atoms with Crippen molar-refractivity contribution >= 4 is 22.7 Å². The van der Waals surface area contributed by atoms with Crippen LogP contribution in [-0.2, 0) is 0 Å². The molecule has 0 saturated heterocycles. The number of hydrogen-bond acceptors (Lipinski definition) is 2. The van der Waals surface area contributed by atoms with Gasteiger partial charge in [0.15, 0.2) is 0 Å². The Bertz CT molecular complexity index is 786. The Morgan fingerprint density at radius 3 is 1.29 bits per heavy atom. The average molecular weight is 324 g/mol. The molecule has 2 nitrogen and oxygen atoms in total. The summed E-state index contributed by atoms with van der Waals surface area (Å²) in [4.78, 5) is 0. The second-order valence-corrected chi connectivity index (χ2v) is 5.79. The molecule has 122 valence electrons. The first-order valence-electron chi connectivity index (χ1n) is 7.68. The summed E-state index contributed by atoms with van der Waals surface area (Å²) in [6.45, 7) is 3.69. The molecular weight excluding hydrogens is 306 g/mol. The number of anilines is 4. The summed E-state index contributed by atoms with van der Waals surface area (Å²) in [6, 6.07) is 17.3. The lowest BCUT2D eigenvalue weighted by Crippen LogP contribution is -1.96. The Morgan fingerprint density at radius 1 is 0.583 bits per heavy atom. The van der Waals surface area contributed by atoms with Gasteiger partial charge >= 0.3 is 0 Å². The molecule has 3 aromatic rings. The predicted octanol–water partition coefficient (Wildman–Crippen LogP) is 6.07. The van der Waals surface area contributed by atoms with Crippen molar-refractivity contribution in [2.75, 3.05) is 10.6 Å². The lowest BCUT2D eigenvalue weighted by molar-refractivity contribution is 0.630. The van der Waals surface area contributed by atoms with E-state index in [1.165, 1.54) is 12.1 Å². The van der Waals surface area contributed by atoms with Gasteiger partial charge in [-0.05, 0) is 73.5 Å². The monoisotopic (exact) mass is 324 g/mol. The van der Waals surface area contributed by atoms with E-state index in [0.717, 1.165) is 22.5 Å². The number of hydrogen-bond donors (Lipinski definition) is 2. The number of rotatable bonds is 4. The molecule has 3 aromatic carbocycles. The molecule has 0 aliphatic rings. The standard InChI is InChI=1S/C20H18F2N2/c1-13-3-9-19(17(21)11-13)23-15-5-7-16(8-6-15)24-20-10-4-14(2)12-18(20)22/h3-12,23-24H,1-2H3. The lowest BCUT2D eigenvalue weighted by atomic mass is 10.2. The van der Waals surface area contributed by atoms with E-state index in [-0.39, 0.29) is 11.6 Å². The molecule has 0 spiro atoms. The molecule has 0 unspecified atom stereocenters. The minimum Gasteiger partial charge on any atom is -0.353 e. The summed E-state index contributed by atoms with van der Waals surface area (Å²) in [5.74, 6) is -0.585. The predicted molar refractivity (Wildman–Crippen MR) is 95.3 cm³/mol. The Morgan fingerprint density at radius 2 is 0.958 bits per heavy atom. The Hall–Kier alpha value is -2.88. The van der Waals surface area contributed by atoms with Gasteiger partial charge in [0.1, 0.15) is 11.6 Å². The third-order valence-electron chi connectivity index (χ3n) is 3.69. The van der Waals surface area contributed by atoms with Crippen LogP contribution in [0.4, 0.5) is 31.5 Å². The zero-order valence-corrected chi connectivity index (χ0v) is 13.5. The molecular formula is C20H18F2N2. The molecule has 0 aliphatic carbocycles. The third kappa shape index (κ3) is 3.71. The molecule has 0 atom stereocenters. The van der Waals surface area contributed by atoms with Gasteiger partial charge in [0.2, 0.25) is 0 Å². The first kappa shape index (κ1) is 16.0. The fraction of sp³-hybridized carbons (Fsp3) is 0.100. The van der Waals surface area contributed by atoms with Gasteiger partial charge < -0.3 is 10.6 Å². The van der Waals surface area contributed by atoms with Crippen LogP contribution < -0.4 is 10.6 Å². The van der Waals surface area contributed by atoms with Crippen LogP contribution in [0.25, 0.3) is 0 Å². The van der Waals surface area contributed by atoms with Gasteiger partial charge in [0, 0.05) is 11.4 Å². The second-order valence-electron chi connectivity index (χ2n) is 5.79. The fourth-order valence-corrected chi connectivity index (χ4v) is 2.39. The van der Waals surface area contributed by atoms with Crippen LogP contribution in [0.1, 0.15) is 11.1 Å². The first-order chi connectivity index (χ1) is 11.5. The smallest absolute Gasteiger partial charge is 0.146 e. The van der Waals surface area contributed by atoms with Gasteiger partial charge in [-0.25, -0.2) is 8.78 Å². The van der Waals surface area contributed by atoms with Gasteiger partial charge in [-0.2, -0.15) is 0 Å². The van der Waals surface area contributed by atoms with Gasteiger partial charge in [-0.15, -0.1) is 0 Å². The number of nitrogens with one attached hydrogen (secondary N) is 2. The van der Waals surface area contributed by atoms with E-state index in [4.69, 9.17) is 0 Å². The molecule has 0 amide bonds. The maximum atomic E-state index is 13.9. The Labute approximate surface area is 140 Å². The topological polar surface area (TPSA) is 24.1 Å². The van der Waals surface area contributed by atoms with E-state index in [1.54, 1.807) is 12.1 Å². The van der Waals surface area contributed by atoms with Crippen molar-refractivity contribution in [1.82, 2.24) is 0 Å². The maximum Gasteiger partial charge on any atom is 0.146 e. The van der Waals surface area contributed by atoms with Crippen LogP contribution in [0.5, 0.6) is 0 Å². The summed E-state index contributed by atoms with van der Waals surface area (Å²) in [7, 11) is 0. The summed E-state index contributed by atoms with van der Waals surface area (Å²) < 4.78 is 27.7. The highest BCUT2D eigenvalue weighted by atomic mass is 19.1. The van der Waals surface area contributed by atoms with Gasteiger partial charge in [-0.3, -0.25) is 0 Å². The molecule has 0 bridgehead atoms. The highest BCUT2D eigenvalue weighted by Gasteiger charge is 2.04. The van der Waals surface area contributed by atoms with Crippen molar-refractivity contribution < 1.29 is 8.78 Å². The number of halogens is 2. The fourth-order valence-electron chi connectivity index (χ4n) is 2.39. The first-order valence-corrected chi connectivity index (χ1v) is 7.68. The summed E-state index contributed by atoms with van der Waals surface area (Å²) in [5, 5.41) is 6.06. The Kier molecular flexibility index (Phi) is 4.47. The van der Waals surface area contributed by atoms with E-state index >= 15 is 0 Å². The highest BCUT2D eigenvalue weighted by Crippen LogP contribution is 2.25. The molecule has 0 saturated carbocycles. The van der Waals surface area contributed by atoms with Crippen LogP contribution >= 0.6 is 0 Å². The lowest BCUT2D eigenvalue weighted by Gasteiger charge is -2.11. The van der Waals surface area contributed by atoms with E-state index < -0.39 is 0 Å². The van der Waals surface area contributed by atoms with Crippen LogP contribution in [0.15, 0.2) is 60.7 Å². The SMILES string of the molecule is Cc1ccc(Nc2ccc(Nc3ccc(C)cc3F)cc2)c(F)c1. The van der Waals surface area contributed by atoms with E-state index in [9.17, 15) is 8.78 Å². The van der Waals surface area contributed by atoms with Crippen LogP contribution in [0.3, 0.4) is 0 Å². The van der Waals surface area contributed by atoms with Crippen molar-refractivity contribution in [3.63, 3.8) is 0 Å². The summed E-state index contributed by atoms with van der Waals surface area (Å²) >= 11 is 0. The summed E-state index contributed by atoms with van der Waals surface area (Å²) in [5.41, 5.74) is 4.10. The molecule has 3 rings (SSSR count). The highest BCUT2D eigenvalue weighted by molar-refractivity contribution is 5.66. The van der Waals surface area contributed by atoms with Crippen molar-refractivity contribution in [2.45, 2.75) is 13.8 Å². The van der Waals surface area contributed by atoms with Crippen LogP contribution in [0.2, 0.25) is 0 Å². The molecule has 0 fully saturated rings. The van der Waals surface area contributed by atoms with Crippen LogP contribution in [0, 0.1) is 25.5 Å². The molecule has 0 radical (unpaired) electrons. The van der Waals surface area contributed by atoms with Crippen molar-refractivity contribution in [1.29, 1.82) is 0 Å². The largest absolute Gasteiger partial charge is 0.353 e. The molecule has 2 N–H and O–H groups in total. The number of aryl methyl sites for hydroxylation is 2. The minimum absolute atomic E-state index is 0.293. The Balaban J connectivity index is 1.73. The van der Waals surface area contributed by atoms with E-state index in [0.29, 0.717) is 11.4 Å². The molecule has 0 heterocycles. The average Bonchev–Trinajstić information content (AvgIpc) is 2.54. The van der Waals surface area contributed by atoms with Gasteiger partial charge in [0.25, 0.3) is 0 Å². The minimum atomic E-state index is -0.293. The third-order valence-corrected chi connectivity index (χ3v) is 3.69. The molecule has 0 aliphatic heterocycles.